The van der Waals surface area contributed by atoms with Crippen molar-refractivity contribution in [3.05, 3.63) is 53.5 Å². The number of benzene rings is 1. The number of nitrogens with zero attached hydrogens (tertiary/aromatic N) is 2. The van der Waals surface area contributed by atoms with E-state index in [2.05, 4.69) is 5.32 Å². The second kappa shape index (κ2) is 7.32. The first-order chi connectivity index (χ1) is 12.9. The van der Waals surface area contributed by atoms with Crippen LogP contribution in [0.3, 0.4) is 0 Å². The Hall–Kier alpha value is -3.62. The summed E-state index contributed by atoms with van der Waals surface area (Å²) in [6, 6.07) is 4.70. The Labute approximate surface area is 154 Å². The molecule has 9 nitrogen and oxygen atoms in total. The van der Waals surface area contributed by atoms with Crippen LogP contribution in [-0.4, -0.2) is 47.0 Å². The molecule has 2 aromatic rings. The molecular weight excluding hydrogens is 354 g/mol. The topological polar surface area (TPSA) is 120 Å². The third-order valence-electron chi connectivity index (χ3n) is 4.07. The summed E-state index contributed by atoms with van der Waals surface area (Å²) >= 11 is 0. The number of carbonyl (C=O) groups is 4. The molecule has 0 saturated carbocycles. The number of urea groups is 2. The molecule has 140 valence electrons. The zero-order valence-electron chi connectivity index (χ0n) is 14.5. The zero-order chi connectivity index (χ0) is 19.6. The van der Waals surface area contributed by atoms with E-state index < -0.39 is 23.9 Å². The number of imide groups is 2. The van der Waals surface area contributed by atoms with Crippen molar-refractivity contribution in [3.63, 3.8) is 0 Å². The second-order valence-electron chi connectivity index (χ2n) is 6.02. The molecule has 0 spiro atoms. The first kappa shape index (κ1) is 18.2. The van der Waals surface area contributed by atoms with E-state index in [0.717, 1.165) is 15.4 Å². The molecular formula is C18H17N3O6. The lowest BCUT2D eigenvalue weighted by Gasteiger charge is -2.26. The van der Waals surface area contributed by atoms with Crippen molar-refractivity contribution in [1.29, 1.82) is 0 Å². The van der Waals surface area contributed by atoms with Crippen molar-refractivity contribution in [2.45, 2.75) is 13.3 Å². The molecule has 0 bridgehead atoms. The zero-order valence-corrected chi connectivity index (χ0v) is 14.5. The van der Waals surface area contributed by atoms with Gasteiger partial charge in [0.15, 0.2) is 0 Å². The summed E-state index contributed by atoms with van der Waals surface area (Å²) in [6.45, 7) is 2.13. The smallest absolute Gasteiger partial charge is 0.339 e. The maximum Gasteiger partial charge on any atom is 0.339 e. The minimum Gasteiger partial charge on any atom is -0.481 e. The van der Waals surface area contributed by atoms with Crippen molar-refractivity contribution in [3.8, 4) is 0 Å². The highest BCUT2D eigenvalue weighted by Crippen LogP contribution is 2.27. The van der Waals surface area contributed by atoms with Crippen LogP contribution >= 0.6 is 0 Å². The first-order valence-electron chi connectivity index (χ1n) is 8.16. The molecule has 1 fully saturated rings. The number of amides is 5. The fourth-order valence-corrected chi connectivity index (χ4v) is 2.78. The van der Waals surface area contributed by atoms with Gasteiger partial charge in [-0.05, 0) is 30.2 Å². The summed E-state index contributed by atoms with van der Waals surface area (Å²) in [7, 11) is 0. The van der Waals surface area contributed by atoms with Gasteiger partial charge in [0.2, 0.25) is 0 Å². The third kappa shape index (κ3) is 3.66. The number of nitrogens with one attached hydrogen (secondary N) is 1. The molecule has 0 radical (unpaired) electrons. The highest BCUT2D eigenvalue weighted by molar-refractivity contribution is 6.23. The van der Waals surface area contributed by atoms with Gasteiger partial charge in [0.05, 0.1) is 23.9 Å². The summed E-state index contributed by atoms with van der Waals surface area (Å²) in [4.78, 5) is 50.9. The molecule has 1 saturated heterocycles. The van der Waals surface area contributed by atoms with Gasteiger partial charge in [0.25, 0.3) is 5.91 Å². The monoisotopic (exact) mass is 371 g/mol. The van der Waals surface area contributed by atoms with Crippen molar-refractivity contribution in [1.82, 2.24) is 10.2 Å². The van der Waals surface area contributed by atoms with E-state index in [9.17, 15) is 24.3 Å². The number of anilines is 1. The molecule has 9 heteroatoms. The quantitative estimate of drug-likeness (QED) is 0.848. The van der Waals surface area contributed by atoms with Crippen LogP contribution in [0.15, 0.2) is 41.2 Å². The van der Waals surface area contributed by atoms with Gasteiger partial charge in [-0.3, -0.25) is 9.59 Å². The number of carboxylic acid groups (broad SMARTS) is 1. The Balaban J connectivity index is 2.11. The van der Waals surface area contributed by atoms with E-state index in [0.29, 0.717) is 0 Å². The van der Waals surface area contributed by atoms with Gasteiger partial charge in [-0.15, -0.1) is 0 Å². The fraction of sp³-hybridized carbons (Fsp3) is 0.222. The number of hydrogen-bond donors (Lipinski definition) is 2. The molecule has 1 aliphatic heterocycles. The third-order valence-corrected chi connectivity index (χ3v) is 4.07. The lowest BCUT2D eigenvalue weighted by Crippen LogP contribution is -2.48. The van der Waals surface area contributed by atoms with Gasteiger partial charge in [0, 0.05) is 13.1 Å². The number of hydrogen-bond acceptors (Lipinski definition) is 5. The Kier molecular flexibility index (Phi) is 4.93. The van der Waals surface area contributed by atoms with Crippen LogP contribution < -0.4 is 10.2 Å². The molecule has 5 amide bonds. The van der Waals surface area contributed by atoms with Crippen LogP contribution in [0.2, 0.25) is 0 Å². The van der Waals surface area contributed by atoms with Crippen molar-refractivity contribution < 1.29 is 28.7 Å². The molecule has 27 heavy (non-hydrogen) atoms. The van der Waals surface area contributed by atoms with Crippen LogP contribution in [0.4, 0.5) is 15.3 Å². The van der Waals surface area contributed by atoms with E-state index in [1.807, 2.05) is 0 Å². The minimum atomic E-state index is -1.11. The maximum absolute atomic E-state index is 13.0. The van der Waals surface area contributed by atoms with Crippen LogP contribution in [0.1, 0.15) is 21.5 Å². The SMILES string of the molecule is Cc1ccc(CC(=O)O)c(N(C(=O)c2ccoc2)C(=O)N2CCNC2=O)c1. The largest absolute Gasteiger partial charge is 0.481 e. The Bertz CT molecular complexity index is 906. The summed E-state index contributed by atoms with van der Waals surface area (Å²) in [5, 5.41) is 11.7. The summed E-state index contributed by atoms with van der Waals surface area (Å²) in [5.74, 6) is -1.83. The average molecular weight is 371 g/mol. The standard InChI is InChI=1S/C18H17N3O6/c1-11-2-3-12(9-15(22)23)14(8-11)21(16(24)13-4-7-27-10-13)18(26)20-6-5-19-17(20)25/h2-4,7-8,10H,5-6,9H2,1H3,(H,19,25)(H,22,23). The maximum atomic E-state index is 13.0. The van der Waals surface area contributed by atoms with Crippen molar-refractivity contribution >= 4 is 29.6 Å². The number of carbonyl (C=O) groups excluding carboxylic acids is 3. The molecule has 1 aliphatic rings. The molecule has 0 aliphatic carbocycles. The predicted molar refractivity (Wildman–Crippen MR) is 93.5 cm³/mol. The highest BCUT2D eigenvalue weighted by atomic mass is 16.4. The molecule has 3 rings (SSSR count). The molecule has 2 heterocycles. The van der Waals surface area contributed by atoms with Crippen LogP contribution in [0.25, 0.3) is 0 Å². The van der Waals surface area contributed by atoms with E-state index in [4.69, 9.17) is 4.42 Å². The van der Waals surface area contributed by atoms with Gasteiger partial charge < -0.3 is 14.8 Å². The van der Waals surface area contributed by atoms with Crippen LogP contribution in [-0.2, 0) is 11.2 Å². The molecule has 0 unspecified atom stereocenters. The van der Waals surface area contributed by atoms with Gasteiger partial charge >= 0.3 is 18.0 Å². The molecule has 0 atom stereocenters. The lowest BCUT2D eigenvalue weighted by atomic mass is 10.0. The van der Waals surface area contributed by atoms with E-state index in [1.54, 1.807) is 25.1 Å². The second-order valence-corrected chi connectivity index (χ2v) is 6.02. The summed E-state index contributed by atoms with van der Waals surface area (Å²) in [6.07, 6.45) is 2.08. The number of furan rings is 1. The van der Waals surface area contributed by atoms with Crippen molar-refractivity contribution in [2.75, 3.05) is 18.0 Å². The van der Waals surface area contributed by atoms with Crippen LogP contribution in [0, 0.1) is 6.92 Å². The Morgan fingerprint density at radius 2 is 2.07 bits per heavy atom. The fourth-order valence-electron chi connectivity index (χ4n) is 2.78. The summed E-state index contributed by atoms with van der Waals surface area (Å²) < 4.78 is 4.92. The van der Waals surface area contributed by atoms with E-state index in [-0.39, 0.29) is 36.3 Å². The molecule has 1 aromatic carbocycles. The van der Waals surface area contributed by atoms with Gasteiger partial charge in [-0.1, -0.05) is 12.1 Å². The number of carboxylic acids is 1. The van der Waals surface area contributed by atoms with Gasteiger partial charge in [0.1, 0.15) is 6.26 Å². The summed E-state index contributed by atoms with van der Waals surface area (Å²) in [5.41, 5.74) is 1.22. The lowest BCUT2D eigenvalue weighted by molar-refractivity contribution is -0.136. The number of rotatable bonds is 4. The normalized spacial score (nSPS) is 13.4. The Morgan fingerprint density at radius 3 is 2.67 bits per heavy atom. The predicted octanol–water partition coefficient (Wildman–Crippen LogP) is 2.01. The van der Waals surface area contributed by atoms with Crippen LogP contribution in [0.5, 0.6) is 0 Å². The average Bonchev–Trinajstić information content (AvgIpc) is 3.28. The number of aryl methyl sites for hydroxylation is 1. The molecule has 2 N–H and O–H groups in total. The first-order valence-corrected chi connectivity index (χ1v) is 8.16. The minimum absolute atomic E-state index is 0.103. The van der Waals surface area contributed by atoms with E-state index in [1.165, 1.54) is 18.6 Å². The highest BCUT2D eigenvalue weighted by Gasteiger charge is 2.36. The Morgan fingerprint density at radius 1 is 1.30 bits per heavy atom. The number of aliphatic carboxylic acids is 1. The van der Waals surface area contributed by atoms with E-state index >= 15 is 0 Å². The van der Waals surface area contributed by atoms with Crippen molar-refractivity contribution in [2.24, 2.45) is 0 Å². The van der Waals surface area contributed by atoms with Gasteiger partial charge in [-0.25, -0.2) is 19.4 Å². The van der Waals surface area contributed by atoms with Gasteiger partial charge in [-0.2, -0.15) is 0 Å². The molecule has 1 aromatic heterocycles.